The molecule has 4 heteroatoms. The Morgan fingerprint density at radius 2 is 1.89 bits per heavy atom. The van der Waals surface area contributed by atoms with Crippen LogP contribution in [-0.4, -0.2) is 32.0 Å². The lowest BCUT2D eigenvalue weighted by atomic mass is 9.84. The molecule has 1 saturated carbocycles. The lowest BCUT2D eigenvalue weighted by Gasteiger charge is -2.36. The van der Waals surface area contributed by atoms with E-state index in [1.807, 2.05) is 6.92 Å². The smallest absolute Gasteiger partial charge is 0.154 e. The Hall–Kier alpha value is -0.0900. The molecule has 1 fully saturated rings. The standard InChI is InChI=1S/C14H29NO2S/c1-4-7-10-18(16,17)14-11-12(5-2)8-9-13(14)15-6-3/h12-15H,4-11H2,1-3H3. The second kappa shape index (κ2) is 7.49. The van der Waals surface area contributed by atoms with Gasteiger partial charge in [-0.05, 0) is 38.1 Å². The topological polar surface area (TPSA) is 46.2 Å². The first kappa shape index (κ1) is 16.0. The average molecular weight is 275 g/mol. The van der Waals surface area contributed by atoms with Crippen molar-refractivity contribution in [2.45, 2.75) is 70.6 Å². The first-order valence-corrected chi connectivity index (χ1v) is 9.21. The predicted molar refractivity (Wildman–Crippen MR) is 77.6 cm³/mol. The second-order valence-electron chi connectivity index (χ2n) is 5.51. The molecule has 0 heterocycles. The van der Waals surface area contributed by atoms with Crippen molar-refractivity contribution in [3.8, 4) is 0 Å². The van der Waals surface area contributed by atoms with Crippen molar-refractivity contribution in [2.24, 2.45) is 5.92 Å². The van der Waals surface area contributed by atoms with E-state index in [1.165, 1.54) is 6.42 Å². The quantitative estimate of drug-likeness (QED) is 0.777. The van der Waals surface area contributed by atoms with E-state index in [1.54, 1.807) is 0 Å². The molecule has 0 aromatic heterocycles. The largest absolute Gasteiger partial charge is 0.313 e. The van der Waals surface area contributed by atoms with Gasteiger partial charge in [-0.2, -0.15) is 0 Å². The van der Waals surface area contributed by atoms with Crippen LogP contribution in [0.4, 0.5) is 0 Å². The van der Waals surface area contributed by atoms with Gasteiger partial charge in [0.25, 0.3) is 0 Å². The molecule has 0 saturated heterocycles. The van der Waals surface area contributed by atoms with E-state index in [9.17, 15) is 8.42 Å². The summed E-state index contributed by atoms with van der Waals surface area (Å²) in [4.78, 5) is 0. The minimum Gasteiger partial charge on any atom is -0.313 e. The minimum absolute atomic E-state index is 0.150. The van der Waals surface area contributed by atoms with Gasteiger partial charge in [-0.3, -0.25) is 0 Å². The van der Waals surface area contributed by atoms with Crippen molar-refractivity contribution >= 4 is 9.84 Å². The van der Waals surface area contributed by atoms with Gasteiger partial charge in [0.05, 0.1) is 11.0 Å². The molecule has 1 rings (SSSR count). The molecular weight excluding hydrogens is 246 g/mol. The number of rotatable bonds is 7. The van der Waals surface area contributed by atoms with Gasteiger partial charge < -0.3 is 5.32 Å². The fourth-order valence-electron chi connectivity index (χ4n) is 2.97. The fourth-order valence-corrected chi connectivity index (χ4v) is 5.26. The van der Waals surface area contributed by atoms with Crippen LogP contribution in [0.5, 0.6) is 0 Å². The van der Waals surface area contributed by atoms with Gasteiger partial charge in [-0.25, -0.2) is 8.42 Å². The SMILES string of the molecule is CCCCS(=O)(=O)C1CC(CC)CCC1NCC. The zero-order valence-electron chi connectivity index (χ0n) is 12.1. The summed E-state index contributed by atoms with van der Waals surface area (Å²) in [6.07, 6.45) is 5.92. The number of unbranched alkanes of at least 4 members (excludes halogenated alkanes) is 1. The van der Waals surface area contributed by atoms with Crippen molar-refractivity contribution < 1.29 is 8.42 Å². The molecule has 3 atom stereocenters. The fraction of sp³-hybridized carbons (Fsp3) is 1.00. The highest BCUT2D eigenvalue weighted by molar-refractivity contribution is 7.92. The van der Waals surface area contributed by atoms with E-state index in [2.05, 4.69) is 19.2 Å². The number of hydrogen-bond acceptors (Lipinski definition) is 3. The molecule has 1 aliphatic carbocycles. The van der Waals surface area contributed by atoms with Gasteiger partial charge in [-0.15, -0.1) is 0 Å². The Balaban J connectivity index is 2.76. The van der Waals surface area contributed by atoms with Gasteiger partial charge in [-0.1, -0.05) is 33.6 Å². The van der Waals surface area contributed by atoms with Crippen LogP contribution in [0.15, 0.2) is 0 Å². The first-order chi connectivity index (χ1) is 8.55. The van der Waals surface area contributed by atoms with Gasteiger partial charge in [0.1, 0.15) is 0 Å². The van der Waals surface area contributed by atoms with Crippen LogP contribution in [-0.2, 0) is 9.84 Å². The first-order valence-electron chi connectivity index (χ1n) is 7.50. The van der Waals surface area contributed by atoms with E-state index >= 15 is 0 Å². The Bertz CT molecular complexity index is 327. The molecule has 0 amide bonds. The molecule has 1 aliphatic rings. The molecule has 0 spiro atoms. The van der Waals surface area contributed by atoms with E-state index in [0.29, 0.717) is 11.7 Å². The van der Waals surface area contributed by atoms with E-state index in [4.69, 9.17) is 0 Å². The van der Waals surface area contributed by atoms with E-state index < -0.39 is 9.84 Å². The van der Waals surface area contributed by atoms with Crippen LogP contribution < -0.4 is 5.32 Å². The van der Waals surface area contributed by atoms with Gasteiger partial charge in [0.2, 0.25) is 0 Å². The molecule has 18 heavy (non-hydrogen) atoms. The summed E-state index contributed by atoms with van der Waals surface area (Å²) in [5.74, 6) is 0.966. The normalized spacial score (nSPS) is 29.4. The maximum Gasteiger partial charge on any atom is 0.154 e. The predicted octanol–water partition coefficient (Wildman–Crippen LogP) is 2.76. The van der Waals surface area contributed by atoms with Crippen LogP contribution >= 0.6 is 0 Å². The van der Waals surface area contributed by atoms with Crippen LogP contribution in [0.25, 0.3) is 0 Å². The minimum atomic E-state index is -2.92. The molecule has 0 bridgehead atoms. The zero-order valence-corrected chi connectivity index (χ0v) is 12.9. The van der Waals surface area contributed by atoms with Gasteiger partial charge in [0, 0.05) is 6.04 Å². The van der Waals surface area contributed by atoms with Crippen molar-refractivity contribution in [1.82, 2.24) is 5.32 Å². The summed E-state index contributed by atoms with van der Waals surface area (Å²) in [5.41, 5.74) is 0. The third kappa shape index (κ3) is 4.23. The third-order valence-electron chi connectivity index (χ3n) is 4.19. The molecule has 0 radical (unpaired) electrons. The molecular formula is C14H29NO2S. The summed E-state index contributed by atoms with van der Waals surface area (Å²) in [5, 5.41) is 3.23. The van der Waals surface area contributed by atoms with Crippen LogP contribution in [0, 0.1) is 5.92 Å². The molecule has 3 unspecified atom stereocenters. The highest BCUT2D eigenvalue weighted by atomic mass is 32.2. The third-order valence-corrected chi connectivity index (χ3v) is 6.49. The van der Waals surface area contributed by atoms with Gasteiger partial charge >= 0.3 is 0 Å². The van der Waals surface area contributed by atoms with E-state index in [-0.39, 0.29) is 11.3 Å². The maximum atomic E-state index is 12.5. The Morgan fingerprint density at radius 1 is 1.17 bits per heavy atom. The Kier molecular flexibility index (Phi) is 6.64. The van der Waals surface area contributed by atoms with Crippen LogP contribution in [0.3, 0.4) is 0 Å². The monoisotopic (exact) mass is 275 g/mol. The molecule has 0 aromatic carbocycles. The number of nitrogens with one attached hydrogen (secondary N) is 1. The van der Waals surface area contributed by atoms with Crippen molar-refractivity contribution in [1.29, 1.82) is 0 Å². The lowest BCUT2D eigenvalue weighted by Crippen LogP contribution is -2.48. The molecule has 0 aliphatic heterocycles. The van der Waals surface area contributed by atoms with Crippen molar-refractivity contribution in [2.75, 3.05) is 12.3 Å². The van der Waals surface area contributed by atoms with Gasteiger partial charge in [0.15, 0.2) is 9.84 Å². The number of sulfone groups is 1. The second-order valence-corrected chi connectivity index (χ2v) is 7.85. The summed E-state index contributed by atoms with van der Waals surface area (Å²) in [7, 11) is -2.92. The van der Waals surface area contributed by atoms with Crippen LogP contribution in [0.1, 0.15) is 59.3 Å². The van der Waals surface area contributed by atoms with E-state index in [0.717, 1.165) is 38.6 Å². The Labute approximate surface area is 113 Å². The summed E-state index contributed by atoms with van der Waals surface area (Å²) >= 11 is 0. The highest BCUT2D eigenvalue weighted by Gasteiger charge is 2.37. The molecule has 0 aromatic rings. The molecule has 3 nitrogen and oxygen atoms in total. The van der Waals surface area contributed by atoms with Crippen molar-refractivity contribution in [3.63, 3.8) is 0 Å². The molecule has 1 N–H and O–H groups in total. The zero-order chi connectivity index (χ0) is 13.6. The van der Waals surface area contributed by atoms with Crippen molar-refractivity contribution in [3.05, 3.63) is 0 Å². The lowest BCUT2D eigenvalue weighted by molar-refractivity contribution is 0.290. The molecule has 108 valence electrons. The summed E-state index contributed by atoms with van der Waals surface area (Å²) in [6, 6.07) is 0.180. The summed E-state index contributed by atoms with van der Waals surface area (Å²) in [6.45, 7) is 7.14. The summed E-state index contributed by atoms with van der Waals surface area (Å²) < 4.78 is 24.9. The average Bonchev–Trinajstić information content (AvgIpc) is 2.37. The Morgan fingerprint density at radius 3 is 2.44 bits per heavy atom. The van der Waals surface area contributed by atoms with Crippen LogP contribution in [0.2, 0.25) is 0 Å². The highest BCUT2D eigenvalue weighted by Crippen LogP contribution is 2.31. The maximum absolute atomic E-state index is 12.5. The number of hydrogen-bond donors (Lipinski definition) is 1.